The minimum Gasteiger partial charge on any atom is -0.486 e. The summed E-state index contributed by atoms with van der Waals surface area (Å²) < 4.78 is 37.3. The third-order valence-electron chi connectivity index (χ3n) is 1.88. The second-order valence-electron chi connectivity index (χ2n) is 3.45. The monoisotopic (exact) mass is 243 g/mol. The highest BCUT2D eigenvalue weighted by Crippen LogP contribution is 2.35. The lowest BCUT2D eigenvalue weighted by Gasteiger charge is -2.23. The zero-order valence-corrected chi connectivity index (χ0v) is 9.49. The molecule has 16 heavy (non-hydrogen) atoms. The van der Waals surface area contributed by atoms with Crippen LogP contribution in [0.5, 0.6) is 17.2 Å². The van der Waals surface area contributed by atoms with Crippen molar-refractivity contribution in [2.75, 3.05) is 12.9 Å². The van der Waals surface area contributed by atoms with Gasteiger partial charge in [-0.2, -0.15) is 8.42 Å². The van der Waals surface area contributed by atoms with Crippen LogP contribution in [0.15, 0.2) is 18.2 Å². The van der Waals surface area contributed by atoms with E-state index >= 15 is 0 Å². The summed E-state index contributed by atoms with van der Waals surface area (Å²) >= 11 is 0. The first-order chi connectivity index (χ1) is 7.44. The molecule has 0 saturated carbocycles. The normalized spacial score (nSPS) is 19.2. The second-order valence-corrected chi connectivity index (χ2v) is 5.02. The van der Waals surface area contributed by atoms with E-state index in [0.29, 0.717) is 18.1 Å². The molecule has 1 radical (unpaired) electrons. The zero-order valence-electron chi connectivity index (χ0n) is 8.67. The fraction of sp³-hybridized carbons (Fsp3) is 0.300. The summed E-state index contributed by atoms with van der Waals surface area (Å²) in [4.78, 5) is 0. The Kier molecular flexibility index (Phi) is 2.67. The van der Waals surface area contributed by atoms with Gasteiger partial charge in [-0.05, 0) is 19.1 Å². The Morgan fingerprint density at radius 2 is 2.19 bits per heavy atom. The predicted octanol–water partition coefficient (Wildman–Crippen LogP) is 0.999. The molecule has 1 aliphatic heterocycles. The Bertz CT molecular complexity index is 494. The highest BCUT2D eigenvalue weighted by atomic mass is 32.2. The third-order valence-corrected chi connectivity index (χ3v) is 2.38. The fourth-order valence-electron chi connectivity index (χ4n) is 1.32. The smallest absolute Gasteiger partial charge is 0.306 e. The maximum Gasteiger partial charge on any atom is 0.306 e. The van der Waals surface area contributed by atoms with E-state index in [-0.39, 0.29) is 11.9 Å². The molecule has 2 rings (SSSR count). The summed E-state index contributed by atoms with van der Waals surface area (Å²) in [6.07, 6.45) is 0.676. The molecular weight excluding hydrogens is 232 g/mol. The first-order valence-electron chi connectivity index (χ1n) is 4.60. The van der Waals surface area contributed by atoms with E-state index in [1.165, 1.54) is 12.1 Å². The summed E-state index contributed by atoms with van der Waals surface area (Å²) in [5.41, 5.74) is 0. The van der Waals surface area contributed by atoms with Gasteiger partial charge in [0.25, 0.3) is 0 Å². The van der Waals surface area contributed by atoms with Crippen molar-refractivity contribution in [2.45, 2.75) is 6.10 Å². The van der Waals surface area contributed by atoms with E-state index in [4.69, 9.17) is 13.7 Å². The molecule has 0 N–H and O–H groups in total. The molecule has 0 amide bonds. The van der Waals surface area contributed by atoms with Crippen LogP contribution >= 0.6 is 0 Å². The molecule has 1 atom stereocenters. The molecule has 87 valence electrons. The maximum absolute atomic E-state index is 10.9. The summed E-state index contributed by atoms with van der Waals surface area (Å²) in [5.74, 6) is 1.19. The van der Waals surface area contributed by atoms with Crippen LogP contribution in [0.3, 0.4) is 0 Å². The Balaban J connectivity index is 2.28. The average Bonchev–Trinajstić information content (AvgIpc) is 2.14. The van der Waals surface area contributed by atoms with Gasteiger partial charge in [-0.15, -0.1) is 0 Å². The van der Waals surface area contributed by atoms with Gasteiger partial charge in [-0.25, -0.2) is 0 Å². The largest absolute Gasteiger partial charge is 0.486 e. The molecular formula is C10H11O5S. The van der Waals surface area contributed by atoms with Crippen molar-refractivity contribution in [1.82, 2.24) is 0 Å². The number of ether oxygens (including phenoxy) is 2. The van der Waals surface area contributed by atoms with Crippen LogP contribution in [0, 0.1) is 6.92 Å². The number of benzene rings is 1. The molecule has 1 unspecified atom stereocenters. The van der Waals surface area contributed by atoms with Gasteiger partial charge in [0, 0.05) is 6.07 Å². The third kappa shape index (κ3) is 2.57. The van der Waals surface area contributed by atoms with Crippen molar-refractivity contribution in [2.24, 2.45) is 0 Å². The molecule has 0 saturated heterocycles. The summed E-state index contributed by atoms with van der Waals surface area (Å²) in [7, 11) is -3.53. The van der Waals surface area contributed by atoms with Gasteiger partial charge >= 0.3 is 10.1 Å². The van der Waals surface area contributed by atoms with Crippen molar-refractivity contribution in [3.8, 4) is 17.2 Å². The van der Waals surface area contributed by atoms with E-state index in [1.54, 1.807) is 6.07 Å². The van der Waals surface area contributed by atoms with Gasteiger partial charge in [0.15, 0.2) is 11.5 Å². The van der Waals surface area contributed by atoms with Crippen molar-refractivity contribution >= 4 is 10.1 Å². The number of hydrogen-bond donors (Lipinski definition) is 0. The predicted molar refractivity (Wildman–Crippen MR) is 57.2 cm³/mol. The van der Waals surface area contributed by atoms with E-state index < -0.39 is 10.1 Å². The molecule has 1 heterocycles. The van der Waals surface area contributed by atoms with E-state index in [0.717, 1.165) is 6.26 Å². The zero-order chi connectivity index (χ0) is 11.8. The van der Waals surface area contributed by atoms with Crippen LogP contribution in [-0.2, 0) is 10.1 Å². The lowest BCUT2D eigenvalue weighted by Crippen LogP contribution is -2.26. The Morgan fingerprint density at radius 1 is 1.44 bits per heavy atom. The lowest BCUT2D eigenvalue weighted by atomic mass is 10.2. The summed E-state index contributed by atoms with van der Waals surface area (Å²) in [5, 5.41) is 0. The molecule has 1 aromatic rings. The Hall–Kier alpha value is -1.43. The first-order valence-corrected chi connectivity index (χ1v) is 6.42. The van der Waals surface area contributed by atoms with E-state index in [9.17, 15) is 8.42 Å². The molecule has 0 fully saturated rings. The highest BCUT2D eigenvalue weighted by Gasteiger charge is 2.18. The maximum atomic E-state index is 10.9. The van der Waals surface area contributed by atoms with Crippen molar-refractivity contribution in [3.63, 3.8) is 0 Å². The number of rotatable bonds is 2. The molecule has 6 heteroatoms. The lowest BCUT2D eigenvalue weighted by molar-refractivity contribution is 0.121. The second kappa shape index (κ2) is 3.86. The van der Waals surface area contributed by atoms with Crippen LogP contribution < -0.4 is 13.7 Å². The van der Waals surface area contributed by atoms with Gasteiger partial charge in [0.05, 0.1) is 6.26 Å². The summed E-state index contributed by atoms with van der Waals surface area (Å²) in [6.45, 7) is 4.07. The van der Waals surface area contributed by atoms with E-state index in [2.05, 4.69) is 6.92 Å². The Labute approximate surface area is 94.1 Å². The molecule has 1 aliphatic rings. The van der Waals surface area contributed by atoms with Crippen molar-refractivity contribution in [1.29, 1.82) is 0 Å². The standard InChI is InChI=1S/C10H11O5S/c1-7-6-13-9-4-3-8(5-10(9)14-7)15-16(2,11)12/h3-5,7H,1,6H2,2H3. The quantitative estimate of drug-likeness (QED) is 0.725. The molecule has 0 spiro atoms. The topological polar surface area (TPSA) is 61.8 Å². The van der Waals surface area contributed by atoms with Gasteiger partial charge in [0.1, 0.15) is 18.5 Å². The average molecular weight is 243 g/mol. The van der Waals surface area contributed by atoms with Gasteiger partial charge in [0.2, 0.25) is 0 Å². The highest BCUT2D eigenvalue weighted by molar-refractivity contribution is 7.86. The Morgan fingerprint density at radius 3 is 2.88 bits per heavy atom. The van der Waals surface area contributed by atoms with Crippen LogP contribution in [-0.4, -0.2) is 27.4 Å². The first kappa shape index (κ1) is 11.1. The summed E-state index contributed by atoms with van der Waals surface area (Å²) in [6, 6.07) is 4.57. The van der Waals surface area contributed by atoms with Gasteiger partial charge in [-0.3, -0.25) is 0 Å². The minimum absolute atomic E-state index is 0.193. The van der Waals surface area contributed by atoms with Crippen LogP contribution in [0.1, 0.15) is 0 Å². The van der Waals surface area contributed by atoms with E-state index in [1.807, 2.05) is 0 Å². The number of fused-ring (bicyclic) bond motifs is 1. The SMILES string of the molecule is [CH2]C1COc2ccc(OS(C)(=O)=O)cc2O1. The molecule has 0 aromatic heterocycles. The molecule has 0 bridgehead atoms. The molecule has 1 aromatic carbocycles. The van der Waals surface area contributed by atoms with Gasteiger partial charge in [-0.1, -0.05) is 0 Å². The molecule has 0 aliphatic carbocycles. The van der Waals surface area contributed by atoms with Crippen LogP contribution in [0.25, 0.3) is 0 Å². The van der Waals surface area contributed by atoms with Crippen molar-refractivity contribution in [3.05, 3.63) is 25.1 Å². The molecule has 5 nitrogen and oxygen atoms in total. The van der Waals surface area contributed by atoms with Crippen LogP contribution in [0.4, 0.5) is 0 Å². The van der Waals surface area contributed by atoms with Crippen molar-refractivity contribution < 1.29 is 22.1 Å². The number of hydrogen-bond acceptors (Lipinski definition) is 5. The minimum atomic E-state index is -3.53. The van der Waals surface area contributed by atoms with Gasteiger partial charge < -0.3 is 13.7 Å². The van der Waals surface area contributed by atoms with Crippen LogP contribution in [0.2, 0.25) is 0 Å². The fourth-order valence-corrected chi connectivity index (χ4v) is 1.78.